The molecule has 2 aliphatic rings. The molecule has 0 spiro atoms. The molecule has 0 aromatic carbocycles. The predicted molar refractivity (Wildman–Crippen MR) is 79.4 cm³/mol. The van der Waals surface area contributed by atoms with Crippen LogP contribution < -0.4 is 10.6 Å². The molecule has 1 amide bonds. The normalized spacial score (nSPS) is 19.9. The summed E-state index contributed by atoms with van der Waals surface area (Å²) in [5.41, 5.74) is 1.33. The molecule has 4 nitrogen and oxygen atoms in total. The quantitative estimate of drug-likeness (QED) is 0.764. The fourth-order valence-corrected chi connectivity index (χ4v) is 2.69. The molecule has 2 aliphatic carbocycles. The number of nitrogens with one attached hydrogen (secondary N) is 2. The molecular weight excluding hydrogens is 250 g/mol. The van der Waals surface area contributed by atoms with E-state index in [4.69, 9.17) is 0 Å². The summed E-state index contributed by atoms with van der Waals surface area (Å²) in [6.07, 6.45) is 10.3. The first kappa shape index (κ1) is 13.7. The average molecular weight is 275 g/mol. The van der Waals surface area contributed by atoms with Crippen LogP contribution in [0.1, 0.15) is 50.6 Å². The highest BCUT2D eigenvalue weighted by Gasteiger charge is 2.32. The number of amides is 1. The lowest BCUT2D eigenvalue weighted by atomic mass is 10.1. The minimum absolute atomic E-state index is 0.138. The van der Waals surface area contributed by atoms with Gasteiger partial charge in [-0.2, -0.15) is 0 Å². The molecule has 0 radical (unpaired) electrons. The van der Waals surface area contributed by atoms with Gasteiger partial charge in [0.05, 0.1) is 0 Å². The Kier molecular flexibility index (Phi) is 4.10. The van der Waals surface area contributed by atoms with Crippen molar-refractivity contribution in [3.05, 3.63) is 24.0 Å². The van der Waals surface area contributed by atoms with Gasteiger partial charge in [-0.25, -0.2) is 0 Å². The van der Waals surface area contributed by atoms with Gasteiger partial charge in [-0.15, -0.1) is 0 Å². The van der Waals surface area contributed by atoms with E-state index in [1.165, 1.54) is 18.4 Å². The monoisotopic (exact) mass is 275 g/mol. The van der Waals surface area contributed by atoms with Crippen molar-refractivity contribution in [3.63, 3.8) is 0 Å². The maximum atomic E-state index is 11.8. The highest BCUT2D eigenvalue weighted by atomic mass is 16.2. The van der Waals surface area contributed by atoms with Gasteiger partial charge in [0, 0.05) is 24.5 Å². The largest absolute Gasteiger partial charge is 0.352 e. The first-order chi connectivity index (χ1) is 9.76. The van der Waals surface area contributed by atoms with Crippen molar-refractivity contribution < 1.29 is 4.79 Å². The third-order valence-electron chi connectivity index (χ3n) is 4.11. The zero-order valence-corrected chi connectivity index (χ0v) is 12.3. The lowest BCUT2D eigenvalue weighted by Crippen LogP contribution is -2.29. The summed E-state index contributed by atoms with van der Waals surface area (Å²) in [6, 6.07) is 3.08. The van der Waals surface area contributed by atoms with Crippen LogP contribution in [0.5, 0.6) is 0 Å². The number of carbonyl (C=O) groups is 1. The Balaban J connectivity index is 1.57. The number of nitrogens with zero attached hydrogens (tertiary/aromatic N) is 1. The van der Waals surface area contributed by atoms with E-state index in [1.807, 2.05) is 10.8 Å². The van der Waals surface area contributed by atoms with Crippen LogP contribution in [0, 0.1) is 5.92 Å². The molecule has 20 heavy (non-hydrogen) atoms. The van der Waals surface area contributed by atoms with Crippen LogP contribution in [0.2, 0.25) is 0 Å². The van der Waals surface area contributed by atoms with Gasteiger partial charge in [0.1, 0.15) is 6.54 Å². The number of hydrogen-bond donors (Lipinski definition) is 2. The maximum Gasteiger partial charge on any atom is 0.240 e. The number of carbonyl (C=O) groups excluding carboxylic acids is 1. The lowest BCUT2D eigenvalue weighted by Gasteiger charge is -2.16. The van der Waals surface area contributed by atoms with Gasteiger partial charge in [-0.05, 0) is 56.2 Å². The number of rotatable bonds is 8. The van der Waals surface area contributed by atoms with Gasteiger partial charge < -0.3 is 15.2 Å². The Hall–Kier alpha value is -1.29. The number of hydrogen-bond acceptors (Lipinski definition) is 2. The maximum absolute atomic E-state index is 11.8. The van der Waals surface area contributed by atoms with E-state index in [1.54, 1.807) is 0 Å². The summed E-state index contributed by atoms with van der Waals surface area (Å²) < 4.78 is 2.01. The molecule has 3 rings (SSSR count). The summed E-state index contributed by atoms with van der Waals surface area (Å²) in [5, 5.41) is 6.68. The highest BCUT2D eigenvalue weighted by molar-refractivity contribution is 5.76. The molecule has 0 aliphatic heterocycles. The van der Waals surface area contributed by atoms with Crippen molar-refractivity contribution in [1.29, 1.82) is 0 Å². The van der Waals surface area contributed by atoms with Crippen molar-refractivity contribution in [2.75, 3.05) is 6.54 Å². The van der Waals surface area contributed by atoms with E-state index in [-0.39, 0.29) is 5.91 Å². The van der Waals surface area contributed by atoms with Crippen LogP contribution in [0.25, 0.3) is 0 Å². The Morgan fingerprint density at radius 3 is 2.85 bits per heavy atom. The lowest BCUT2D eigenvalue weighted by molar-refractivity contribution is -0.121. The van der Waals surface area contributed by atoms with Crippen LogP contribution in [0.4, 0.5) is 0 Å². The highest BCUT2D eigenvalue weighted by Crippen LogP contribution is 2.41. The Morgan fingerprint density at radius 2 is 2.20 bits per heavy atom. The fourth-order valence-electron chi connectivity index (χ4n) is 2.69. The number of aromatic nitrogens is 1. The van der Waals surface area contributed by atoms with Crippen LogP contribution >= 0.6 is 0 Å². The van der Waals surface area contributed by atoms with Gasteiger partial charge in [0.15, 0.2) is 0 Å². The standard InChI is InChI=1S/C16H25N3O/c1-2-8-17-16(12-3-4-12)13-7-9-19(10-13)11-15(20)18-14-5-6-14/h7,9-10,12,14,16-17H,2-6,8,11H2,1H3,(H,18,20). The summed E-state index contributed by atoms with van der Waals surface area (Å²) in [6.45, 7) is 3.71. The van der Waals surface area contributed by atoms with E-state index < -0.39 is 0 Å². The molecule has 1 aromatic rings. The summed E-state index contributed by atoms with van der Waals surface area (Å²) in [5.74, 6) is 0.928. The Bertz CT molecular complexity index is 460. The van der Waals surface area contributed by atoms with Crippen LogP contribution in [0.15, 0.2) is 18.5 Å². The summed E-state index contributed by atoms with van der Waals surface area (Å²) in [4.78, 5) is 11.8. The molecule has 0 bridgehead atoms. The van der Waals surface area contributed by atoms with Gasteiger partial charge in [-0.3, -0.25) is 4.79 Å². The van der Waals surface area contributed by atoms with E-state index >= 15 is 0 Å². The minimum atomic E-state index is 0.138. The molecule has 110 valence electrons. The van der Waals surface area contributed by atoms with Crippen molar-refractivity contribution in [1.82, 2.24) is 15.2 Å². The van der Waals surface area contributed by atoms with Crippen molar-refractivity contribution in [2.45, 2.75) is 57.7 Å². The van der Waals surface area contributed by atoms with E-state index in [0.717, 1.165) is 31.7 Å². The van der Waals surface area contributed by atoms with E-state index in [0.29, 0.717) is 18.6 Å². The third kappa shape index (κ3) is 3.63. The van der Waals surface area contributed by atoms with Crippen LogP contribution in [-0.2, 0) is 11.3 Å². The predicted octanol–water partition coefficient (Wildman–Crippen LogP) is 2.22. The second-order valence-corrected chi connectivity index (χ2v) is 6.23. The van der Waals surface area contributed by atoms with E-state index in [2.05, 4.69) is 29.8 Å². The molecule has 2 N–H and O–H groups in total. The molecule has 2 saturated carbocycles. The smallest absolute Gasteiger partial charge is 0.240 e. The second-order valence-electron chi connectivity index (χ2n) is 6.23. The first-order valence-electron chi connectivity index (χ1n) is 7.94. The molecule has 1 atom stereocenters. The van der Waals surface area contributed by atoms with E-state index in [9.17, 15) is 4.79 Å². The van der Waals surface area contributed by atoms with Gasteiger partial charge >= 0.3 is 0 Å². The molecule has 2 fully saturated rings. The third-order valence-corrected chi connectivity index (χ3v) is 4.11. The summed E-state index contributed by atoms with van der Waals surface area (Å²) >= 11 is 0. The molecule has 1 aromatic heterocycles. The SMILES string of the molecule is CCCNC(c1ccn(CC(=O)NC2CC2)c1)C1CC1. The topological polar surface area (TPSA) is 46.1 Å². The van der Waals surface area contributed by atoms with Crippen molar-refractivity contribution in [3.8, 4) is 0 Å². The first-order valence-corrected chi connectivity index (χ1v) is 7.94. The molecular formula is C16H25N3O. The van der Waals surface area contributed by atoms with Gasteiger partial charge in [-0.1, -0.05) is 6.92 Å². The van der Waals surface area contributed by atoms with Crippen molar-refractivity contribution >= 4 is 5.91 Å². The van der Waals surface area contributed by atoms with Crippen LogP contribution in [0.3, 0.4) is 0 Å². The van der Waals surface area contributed by atoms with Crippen LogP contribution in [-0.4, -0.2) is 23.1 Å². The molecule has 4 heteroatoms. The minimum Gasteiger partial charge on any atom is -0.352 e. The average Bonchev–Trinajstić information content (AvgIpc) is 3.32. The van der Waals surface area contributed by atoms with Gasteiger partial charge in [0.2, 0.25) is 5.91 Å². The molecule has 1 unspecified atom stereocenters. The van der Waals surface area contributed by atoms with Gasteiger partial charge in [0.25, 0.3) is 0 Å². The fraction of sp³-hybridized carbons (Fsp3) is 0.688. The molecule has 0 saturated heterocycles. The van der Waals surface area contributed by atoms with Crippen molar-refractivity contribution in [2.24, 2.45) is 5.92 Å². The zero-order chi connectivity index (χ0) is 13.9. The summed E-state index contributed by atoms with van der Waals surface area (Å²) in [7, 11) is 0. The Labute approximate surface area is 120 Å². The zero-order valence-electron chi connectivity index (χ0n) is 12.3. The second kappa shape index (κ2) is 6.00. The Morgan fingerprint density at radius 1 is 1.40 bits per heavy atom. The molecule has 1 heterocycles.